The maximum absolute atomic E-state index is 12.1. The maximum atomic E-state index is 12.1. The molecule has 22 heavy (non-hydrogen) atoms. The Hall–Kier alpha value is -1.26. The molecule has 3 rings (SSSR count). The SMILES string of the molecule is Cl.O=C(Nc1ccc(OC2CCCC2)cc1)[C@@H]1CCCCN1. The number of ether oxygens (including phenoxy) is 1. The highest BCUT2D eigenvalue weighted by Gasteiger charge is 2.20. The van der Waals surface area contributed by atoms with E-state index in [9.17, 15) is 4.79 Å². The van der Waals surface area contributed by atoms with Gasteiger partial charge in [-0.15, -0.1) is 12.4 Å². The minimum atomic E-state index is -0.0480. The van der Waals surface area contributed by atoms with Crippen molar-refractivity contribution in [3.05, 3.63) is 24.3 Å². The molecule has 2 N–H and O–H groups in total. The second-order valence-corrected chi connectivity index (χ2v) is 6.04. The van der Waals surface area contributed by atoms with Gasteiger partial charge in [0.25, 0.3) is 0 Å². The fourth-order valence-electron chi connectivity index (χ4n) is 3.12. The van der Waals surface area contributed by atoms with Crippen LogP contribution in [0.1, 0.15) is 44.9 Å². The van der Waals surface area contributed by atoms with Crippen LogP contribution in [0, 0.1) is 0 Å². The zero-order chi connectivity index (χ0) is 14.5. The van der Waals surface area contributed by atoms with Gasteiger partial charge in [0, 0.05) is 5.69 Å². The molecule has 0 bridgehead atoms. The number of rotatable bonds is 4. The predicted octanol–water partition coefficient (Wildman–Crippen LogP) is 3.51. The molecule has 1 saturated carbocycles. The normalized spacial score (nSPS) is 21.9. The number of piperidine rings is 1. The van der Waals surface area contributed by atoms with Gasteiger partial charge in [-0.2, -0.15) is 0 Å². The minimum absolute atomic E-state index is 0. The second-order valence-electron chi connectivity index (χ2n) is 6.04. The third kappa shape index (κ3) is 4.62. The van der Waals surface area contributed by atoms with Crippen molar-refractivity contribution in [2.75, 3.05) is 11.9 Å². The van der Waals surface area contributed by atoms with Crippen LogP contribution in [0.3, 0.4) is 0 Å². The topological polar surface area (TPSA) is 50.4 Å². The molecule has 0 aromatic heterocycles. The number of hydrogen-bond donors (Lipinski definition) is 2. The summed E-state index contributed by atoms with van der Waals surface area (Å²) in [5.41, 5.74) is 0.839. The Labute approximate surface area is 138 Å². The molecule has 1 heterocycles. The summed E-state index contributed by atoms with van der Waals surface area (Å²) in [5.74, 6) is 0.967. The number of hydrogen-bond acceptors (Lipinski definition) is 3. The number of amides is 1. The molecule has 1 aliphatic carbocycles. The molecule has 2 fully saturated rings. The van der Waals surface area contributed by atoms with E-state index in [0.717, 1.165) is 50.1 Å². The molecule has 1 aromatic rings. The molecule has 2 aliphatic rings. The number of carbonyl (C=O) groups is 1. The molecule has 1 atom stereocenters. The first-order valence-corrected chi connectivity index (χ1v) is 8.12. The van der Waals surface area contributed by atoms with Crippen LogP contribution in [0.15, 0.2) is 24.3 Å². The molecule has 1 amide bonds. The summed E-state index contributed by atoms with van der Waals surface area (Å²) >= 11 is 0. The van der Waals surface area contributed by atoms with Crippen LogP contribution in [0.2, 0.25) is 0 Å². The Morgan fingerprint density at radius 3 is 2.36 bits per heavy atom. The van der Waals surface area contributed by atoms with Gasteiger partial charge < -0.3 is 15.4 Å². The lowest BCUT2D eigenvalue weighted by Crippen LogP contribution is -2.43. The number of benzene rings is 1. The summed E-state index contributed by atoms with van der Waals surface area (Å²) in [4.78, 5) is 12.1. The second kappa shape index (κ2) is 8.39. The van der Waals surface area contributed by atoms with Crippen LogP contribution in [0.4, 0.5) is 5.69 Å². The Balaban J connectivity index is 0.00000176. The van der Waals surface area contributed by atoms with Crippen LogP contribution < -0.4 is 15.4 Å². The largest absolute Gasteiger partial charge is 0.490 e. The number of anilines is 1. The summed E-state index contributed by atoms with van der Waals surface area (Å²) in [6.45, 7) is 0.937. The summed E-state index contributed by atoms with van der Waals surface area (Å²) < 4.78 is 5.93. The fourth-order valence-corrected chi connectivity index (χ4v) is 3.12. The third-order valence-corrected chi connectivity index (χ3v) is 4.35. The average Bonchev–Trinajstić information content (AvgIpc) is 3.03. The van der Waals surface area contributed by atoms with Crippen molar-refractivity contribution in [3.8, 4) is 5.75 Å². The van der Waals surface area contributed by atoms with E-state index in [0.29, 0.717) is 6.10 Å². The first-order chi connectivity index (χ1) is 10.3. The quantitative estimate of drug-likeness (QED) is 0.891. The van der Waals surface area contributed by atoms with Crippen molar-refractivity contribution >= 4 is 24.0 Å². The van der Waals surface area contributed by atoms with Crippen molar-refractivity contribution < 1.29 is 9.53 Å². The van der Waals surface area contributed by atoms with Gasteiger partial charge in [0.1, 0.15) is 5.75 Å². The Morgan fingerprint density at radius 2 is 1.73 bits per heavy atom. The number of carbonyl (C=O) groups excluding carboxylic acids is 1. The summed E-state index contributed by atoms with van der Waals surface area (Å²) in [5, 5.41) is 6.24. The lowest BCUT2D eigenvalue weighted by molar-refractivity contribution is -0.118. The van der Waals surface area contributed by atoms with Crippen LogP contribution in [0.25, 0.3) is 0 Å². The molecule has 0 spiro atoms. The Bertz CT molecular complexity index is 466. The van der Waals surface area contributed by atoms with E-state index in [1.807, 2.05) is 24.3 Å². The van der Waals surface area contributed by atoms with E-state index in [-0.39, 0.29) is 24.4 Å². The van der Waals surface area contributed by atoms with Crippen molar-refractivity contribution in [2.45, 2.75) is 57.1 Å². The monoisotopic (exact) mass is 324 g/mol. The van der Waals surface area contributed by atoms with E-state index in [4.69, 9.17) is 4.74 Å². The van der Waals surface area contributed by atoms with Gasteiger partial charge in [-0.05, 0) is 69.3 Å². The van der Waals surface area contributed by atoms with Crippen LogP contribution in [0.5, 0.6) is 5.75 Å². The lowest BCUT2D eigenvalue weighted by Gasteiger charge is -2.22. The third-order valence-electron chi connectivity index (χ3n) is 4.35. The van der Waals surface area contributed by atoms with E-state index < -0.39 is 0 Å². The molecule has 1 saturated heterocycles. The zero-order valence-electron chi connectivity index (χ0n) is 12.8. The van der Waals surface area contributed by atoms with Gasteiger partial charge in [-0.25, -0.2) is 0 Å². The van der Waals surface area contributed by atoms with E-state index in [2.05, 4.69) is 10.6 Å². The molecule has 1 aliphatic heterocycles. The highest BCUT2D eigenvalue weighted by Crippen LogP contribution is 2.25. The predicted molar refractivity (Wildman–Crippen MR) is 90.8 cm³/mol. The maximum Gasteiger partial charge on any atom is 0.241 e. The highest BCUT2D eigenvalue weighted by molar-refractivity contribution is 5.94. The molecule has 122 valence electrons. The molecule has 1 aromatic carbocycles. The van der Waals surface area contributed by atoms with E-state index in [1.165, 1.54) is 12.8 Å². The van der Waals surface area contributed by atoms with Gasteiger partial charge in [0.05, 0.1) is 12.1 Å². The summed E-state index contributed by atoms with van der Waals surface area (Å²) in [7, 11) is 0. The fraction of sp³-hybridized carbons (Fsp3) is 0.588. The van der Waals surface area contributed by atoms with Crippen LogP contribution in [-0.4, -0.2) is 24.6 Å². The summed E-state index contributed by atoms with van der Waals surface area (Å²) in [6.07, 6.45) is 8.44. The summed E-state index contributed by atoms with van der Waals surface area (Å²) in [6, 6.07) is 7.69. The van der Waals surface area contributed by atoms with Crippen molar-refractivity contribution in [1.29, 1.82) is 0 Å². The van der Waals surface area contributed by atoms with Gasteiger partial charge in [0.15, 0.2) is 0 Å². The molecular formula is C17H25ClN2O2. The van der Waals surface area contributed by atoms with Gasteiger partial charge in [-0.1, -0.05) is 6.42 Å². The van der Waals surface area contributed by atoms with Crippen molar-refractivity contribution in [3.63, 3.8) is 0 Å². The molecule has 0 unspecified atom stereocenters. The average molecular weight is 325 g/mol. The minimum Gasteiger partial charge on any atom is -0.490 e. The smallest absolute Gasteiger partial charge is 0.241 e. The molecule has 4 nitrogen and oxygen atoms in total. The first kappa shape index (κ1) is 17.1. The number of nitrogens with one attached hydrogen (secondary N) is 2. The molecule has 5 heteroatoms. The van der Waals surface area contributed by atoms with E-state index in [1.54, 1.807) is 0 Å². The van der Waals surface area contributed by atoms with Gasteiger partial charge in [-0.3, -0.25) is 4.79 Å². The molecular weight excluding hydrogens is 300 g/mol. The molecule has 0 radical (unpaired) electrons. The Morgan fingerprint density at radius 1 is 1.05 bits per heavy atom. The number of halogens is 1. The Kier molecular flexibility index (Phi) is 6.52. The van der Waals surface area contributed by atoms with Crippen LogP contribution in [-0.2, 0) is 4.79 Å². The standard InChI is InChI=1S/C17H24N2O2.ClH/c20-17(16-7-3-4-12-18-16)19-13-8-10-15(11-9-13)21-14-5-1-2-6-14;/h8-11,14,16,18H,1-7,12H2,(H,19,20);1H/t16-;/m0./s1. The van der Waals surface area contributed by atoms with Crippen LogP contribution >= 0.6 is 12.4 Å². The highest BCUT2D eigenvalue weighted by atomic mass is 35.5. The zero-order valence-corrected chi connectivity index (χ0v) is 13.7. The van der Waals surface area contributed by atoms with Crippen molar-refractivity contribution in [1.82, 2.24) is 5.32 Å². The lowest BCUT2D eigenvalue weighted by atomic mass is 10.0. The first-order valence-electron chi connectivity index (χ1n) is 8.12. The van der Waals surface area contributed by atoms with Gasteiger partial charge in [0.2, 0.25) is 5.91 Å². The van der Waals surface area contributed by atoms with Gasteiger partial charge >= 0.3 is 0 Å². The van der Waals surface area contributed by atoms with E-state index >= 15 is 0 Å². The van der Waals surface area contributed by atoms with Crippen molar-refractivity contribution in [2.24, 2.45) is 0 Å².